The highest BCUT2D eigenvalue weighted by Crippen LogP contribution is 2.37. The lowest BCUT2D eigenvalue weighted by molar-refractivity contribution is -0.133. The third-order valence-electron chi connectivity index (χ3n) is 5.73. The van der Waals surface area contributed by atoms with E-state index in [4.69, 9.17) is 0 Å². The summed E-state index contributed by atoms with van der Waals surface area (Å²) in [6, 6.07) is 4.87. The summed E-state index contributed by atoms with van der Waals surface area (Å²) in [7, 11) is -3.65. The van der Waals surface area contributed by atoms with Crippen molar-refractivity contribution in [3.63, 3.8) is 0 Å². The molecule has 2 aliphatic heterocycles. The Balaban J connectivity index is 1.89. The van der Waals surface area contributed by atoms with Gasteiger partial charge in [0.2, 0.25) is 21.8 Å². The highest BCUT2D eigenvalue weighted by molar-refractivity contribution is 8.00. The lowest BCUT2D eigenvalue weighted by Crippen LogP contribution is -2.49. The second-order valence-electron chi connectivity index (χ2n) is 8.23. The SMILES string of the molecule is CCN(CC)S(=O)(=O)c1ccc2c(c1)N(CC(=O)N1C[C@@H](C)C[C@H](C)C1)C(=O)CS2. The second-order valence-corrected chi connectivity index (χ2v) is 11.2. The molecule has 3 rings (SSSR count). The molecule has 0 saturated carbocycles. The molecule has 2 atom stereocenters. The van der Waals surface area contributed by atoms with Crippen LogP contribution in [-0.4, -0.2) is 67.9 Å². The Morgan fingerprint density at radius 1 is 1.17 bits per heavy atom. The van der Waals surface area contributed by atoms with E-state index >= 15 is 0 Å². The van der Waals surface area contributed by atoms with E-state index in [9.17, 15) is 18.0 Å². The van der Waals surface area contributed by atoms with Crippen LogP contribution in [0.5, 0.6) is 0 Å². The molecule has 1 fully saturated rings. The number of amides is 2. The molecule has 2 amide bonds. The molecule has 0 aliphatic carbocycles. The third kappa shape index (κ3) is 4.68. The van der Waals surface area contributed by atoms with E-state index in [0.29, 0.717) is 43.7 Å². The fourth-order valence-corrected chi connectivity index (χ4v) is 6.72. The molecule has 1 aromatic rings. The average Bonchev–Trinajstić information content (AvgIpc) is 2.69. The number of anilines is 1. The summed E-state index contributed by atoms with van der Waals surface area (Å²) in [5, 5.41) is 0. The quantitative estimate of drug-likeness (QED) is 0.662. The van der Waals surface area contributed by atoms with Crippen LogP contribution in [-0.2, 0) is 19.6 Å². The van der Waals surface area contributed by atoms with Crippen LogP contribution >= 0.6 is 11.8 Å². The number of benzene rings is 1. The zero-order valence-electron chi connectivity index (χ0n) is 18.1. The fraction of sp³-hybridized carbons (Fsp3) is 0.619. The standard InChI is InChI=1S/C21H31N3O4S2/c1-5-23(6-2)30(27,28)17-7-8-19-18(10-17)24(21(26)14-29-19)13-20(25)22-11-15(3)9-16(4)12-22/h7-8,10,15-16H,5-6,9,11-14H2,1-4H3/t15-,16-/m0/s1. The van der Waals surface area contributed by atoms with Gasteiger partial charge in [0.05, 0.1) is 16.3 Å². The van der Waals surface area contributed by atoms with E-state index in [1.165, 1.54) is 21.0 Å². The molecule has 7 nitrogen and oxygen atoms in total. The van der Waals surface area contributed by atoms with E-state index in [-0.39, 0.29) is 29.0 Å². The molecule has 30 heavy (non-hydrogen) atoms. The number of likely N-dealkylation sites (tertiary alicyclic amines) is 1. The smallest absolute Gasteiger partial charge is 0.243 e. The molecule has 1 aromatic carbocycles. The summed E-state index contributed by atoms with van der Waals surface area (Å²) in [5.74, 6) is 0.856. The minimum absolute atomic E-state index is 0.0550. The van der Waals surface area contributed by atoms with Gasteiger partial charge in [-0.25, -0.2) is 8.42 Å². The topological polar surface area (TPSA) is 78.0 Å². The van der Waals surface area contributed by atoms with Crippen molar-refractivity contribution >= 4 is 39.3 Å². The van der Waals surface area contributed by atoms with Crippen LogP contribution in [0.25, 0.3) is 0 Å². The fourth-order valence-electron chi connectivity index (χ4n) is 4.33. The number of piperidine rings is 1. The Kier molecular flexibility index (Phi) is 7.14. The highest BCUT2D eigenvalue weighted by Gasteiger charge is 2.32. The van der Waals surface area contributed by atoms with Crippen molar-refractivity contribution in [2.75, 3.05) is 43.4 Å². The lowest BCUT2D eigenvalue weighted by Gasteiger charge is -2.37. The molecule has 9 heteroatoms. The molecule has 0 spiro atoms. The van der Waals surface area contributed by atoms with Crippen molar-refractivity contribution in [2.45, 2.75) is 43.9 Å². The summed E-state index contributed by atoms with van der Waals surface area (Å²) in [6.45, 7) is 9.95. The molecule has 0 N–H and O–H groups in total. The Hall–Kier alpha value is -1.58. The summed E-state index contributed by atoms with van der Waals surface area (Å²) in [4.78, 5) is 29.9. The minimum Gasteiger partial charge on any atom is -0.341 e. The molecule has 2 heterocycles. The number of sulfonamides is 1. The van der Waals surface area contributed by atoms with E-state index in [0.717, 1.165) is 11.3 Å². The van der Waals surface area contributed by atoms with E-state index in [2.05, 4.69) is 13.8 Å². The molecule has 0 aromatic heterocycles. The van der Waals surface area contributed by atoms with Gasteiger partial charge in [-0.3, -0.25) is 9.59 Å². The molecule has 0 unspecified atom stereocenters. The van der Waals surface area contributed by atoms with Gasteiger partial charge in [-0.1, -0.05) is 27.7 Å². The van der Waals surface area contributed by atoms with Crippen molar-refractivity contribution in [3.8, 4) is 0 Å². The predicted molar refractivity (Wildman–Crippen MR) is 119 cm³/mol. The molecule has 2 aliphatic rings. The second kappa shape index (κ2) is 9.28. The summed E-state index contributed by atoms with van der Waals surface area (Å²) >= 11 is 1.38. The third-order valence-corrected chi connectivity index (χ3v) is 8.82. The maximum Gasteiger partial charge on any atom is 0.243 e. The summed E-state index contributed by atoms with van der Waals surface area (Å²) in [6.07, 6.45) is 1.10. The molecule has 0 bridgehead atoms. The first kappa shape index (κ1) is 23.1. The zero-order chi connectivity index (χ0) is 22.1. The zero-order valence-corrected chi connectivity index (χ0v) is 19.8. The van der Waals surface area contributed by atoms with Crippen molar-refractivity contribution in [1.29, 1.82) is 0 Å². The van der Waals surface area contributed by atoms with Gasteiger partial charge in [0.1, 0.15) is 6.54 Å². The van der Waals surface area contributed by atoms with Crippen molar-refractivity contribution < 1.29 is 18.0 Å². The van der Waals surface area contributed by atoms with Gasteiger partial charge in [-0.05, 0) is 36.5 Å². The van der Waals surface area contributed by atoms with Gasteiger partial charge in [-0.2, -0.15) is 4.31 Å². The molecular weight excluding hydrogens is 422 g/mol. The van der Waals surface area contributed by atoms with Gasteiger partial charge < -0.3 is 9.80 Å². The minimum atomic E-state index is -3.65. The van der Waals surface area contributed by atoms with Crippen molar-refractivity contribution in [1.82, 2.24) is 9.21 Å². The first-order chi connectivity index (χ1) is 14.2. The molecule has 166 valence electrons. The molecular formula is C21H31N3O4S2. The number of thioether (sulfide) groups is 1. The summed E-state index contributed by atoms with van der Waals surface area (Å²) in [5.41, 5.74) is 0.510. The Bertz CT molecular complexity index is 905. The highest BCUT2D eigenvalue weighted by atomic mass is 32.2. The van der Waals surface area contributed by atoms with Crippen LogP contribution in [0.4, 0.5) is 5.69 Å². The van der Waals surface area contributed by atoms with Crippen molar-refractivity contribution in [3.05, 3.63) is 18.2 Å². The van der Waals surface area contributed by atoms with Gasteiger partial charge >= 0.3 is 0 Å². The largest absolute Gasteiger partial charge is 0.341 e. The lowest BCUT2D eigenvalue weighted by atomic mass is 9.92. The monoisotopic (exact) mass is 453 g/mol. The van der Waals surface area contributed by atoms with Gasteiger partial charge in [-0.15, -0.1) is 11.8 Å². The number of carbonyl (C=O) groups excluding carboxylic acids is 2. The number of rotatable bonds is 6. The molecule has 1 saturated heterocycles. The Morgan fingerprint density at radius 3 is 2.40 bits per heavy atom. The van der Waals surface area contributed by atoms with Crippen LogP contribution in [0.1, 0.15) is 34.1 Å². The van der Waals surface area contributed by atoms with E-state index in [1.807, 2.05) is 4.90 Å². The average molecular weight is 454 g/mol. The van der Waals surface area contributed by atoms with Crippen LogP contribution in [0.3, 0.4) is 0 Å². The van der Waals surface area contributed by atoms with Gasteiger partial charge in [0.25, 0.3) is 0 Å². The normalized spacial score (nSPS) is 22.4. The Labute approximate surface area is 183 Å². The first-order valence-electron chi connectivity index (χ1n) is 10.5. The van der Waals surface area contributed by atoms with Gasteiger partial charge in [0, 0.05) is 31.1 Å². The number of fused-ring (bicyclic) bond motifs is 1. The van der Waals surface area contributed by atoms with Crippen LogP contribution in [0.2, 0.25) is 0 Å². The van der Waals surface area contributed by atoms with Crippen LogP contribution in [0.15, 0.2) is 28.0 Å². The number of hydrogen-bond acceptors (Lipinski definition) is 5. The number of hydrogen-bond donors (Lipinski definition) is 0. The van der Waals surface area contributed by atoms with Crippen molar-refractivity contribution in [2.24, 2.45) is 11.8 Å². The first-order valence-corrected chi connectivity index (χ1v) is 12.9. The molecule has 0 radical (unpaired) electrons. The van der Waals surface area contributed by atoms with E-state index < -0.39 is 10.0 Å². The number of carbonyl (C=O) groups is 2. The van der Waals surface area contributed by atoms with Gasteiger partial charge in [0.15, 0.2) is 0 Å². The van der Waals surface area contributed by atoms with E-state index in [1.54, 1.807) is 32.0 Å². The number of nitrogens with zero attached hydrogens (tertiary/aromatic N) is 3. The maximum absolute atomic E-state index is 13.0. The van der Waals surface area contributed by atoms with Crippen LogP contribution < -0.4 is 4.90 Å². The predicted octanol–water partition coefficient (Wildman–Crippen LogP) is 2.66. The maximum atomic E-state index is 13.0. The Morgan fingerprint density at radius 2 is 1.80 bits per heavy atom. The summed E-state index contributed by atoms with van der Waals surface area (Å²) < 4.78 is 27.3. The van der Waals surface area contributed by atoms with Crippen LogP contribution in [0, 0.1) is 11.8 Å².